The molecule has 4 aliphatic carbocycles. The summed E-state index contributed by atoms with van der Waals surface area (Å²) in [4.78, 5) is 13.2. The molecule has 34 heavy (non-hydrogen) atoms. The molecule has 0 radical (unpaired) electrons. The predicted octanol–water partition coefficient (Wildman–Crippen LogP) is 1.63. The number of aliphatic hydroxyl groups excluding tert-OH is 4. The molecule has 0 heterocycles. The Morgan fingerprint density at radius 3 is 2.53 bits per heavy atom. The van der Waals surface area contributed by atoms with Gasteiger partial charge in [-0.25, -0.2) is 0 Å². The first-order chi connectivity index (χ1) is 15.7. The molecule has 0 amide bonds. The maximum absolute atomic E-state index is 13.2. The van der Waals surface area contributed by atoms with Crippen LogP contribution in [0.1, 0.15) is 72.6 Å². The van der Waals surface area contributed by atoms with Crippen molar-refractivity contribution in [3.8, 4) is 0 Å². The molecular formula is C27H42O7. The number of rotatable bonds is 5. The molecular weight excluding hydrogens is 436 g/mol. The predicted molar refractivity (Wildman–Crippen MR) is 127 cm³/mol. The Bertz CT molecular complexity index is 893. The Morgan fingerprint density at radius 1 is 1.21 bits per heavy atom. The number of carbonyl (C=O) groups is 1. The van der Waals surface area contributed by atoms with Crippen molar-refractivity contribution in [2.75, 3.05) is 6.61 Å². The van der Waals surface area contributed by atoms with Gasteiger partial charge in [0.25, 0.3) is 0 Å². The molecule has 7 heteroatoms. The minimum atomic E-state index is -1.46. The van der Waals surface area contributed by atoms with Crippen molar-refractivity contribution < 1.29 is 35.4 Å². The molecule has 3 fully saturated rings. The van der Waals surface area contributed by atoms with E-state index in [4.69, 9.17) is 0 Å². The normalized spacial score (nSPS) is 47.2. The van der Waals surface area contributed by atoms with E-state index in [1.807, 2.05) is 13.8 Å². The first-order valence-corrected chi connectivity index (χ1v) is 12.7. The third kappa shape index (κ3) is 3.58. The van der Waals surface area contributed by atoms with Gasteiger partial charge >= 0.3 is 0 Å². The molecule has 0 unspecified atom stereocenters. The molecule has 0 aromatic rings. The molecule has 0 spiro atoms. The van der Waals surface area contributed by atoms with Crippen LogP contribution in [0.2, 0.25) is 0 Å². The van der Waals surface area contributed by atoms with E-state index in [2.05, 4.69) is 0 Å². The van der Waals surface area contributed by atoms with E-state index < -0.39 is 40.3 Å². The lowest BCUT2D eigenvalue weighted by Gasteiger charge is -2.60. The van der Waals surface area contributed by atoms with Crippen LogP contribution in [-0.4, -0.2) is 72.5 Å². The standard InChI is InChI=1S/C27H42O7/c1-15(14-28)5-6-23(32)26(4,33)22-8-10-27(34)17-11-19(29)18-12-20(30)21(31)13-24(18,2)16(17)7-9-25(22,27)3/h5,11,16,18,20-23,28,30-34H,6-10,12-14H2,1-4H3/b15-5+/t16-,18-,20+,21-,22-,23+,24+,25+,26+,27+/m0/s1. The van der Waals surface area contributed by atoms with Crippen LogP contribution in [0.15, 0.2) is 23.3 Å². The molecule has 0 aromatic carbocycles. The van der Waals surface area contributed by atoms with Crippen LogP contribution < -0.4 is 0 Å². The highest BCUT2D eigenvalue weighted by atomic mass is 16.3. The van der Waals surface area contributed by atoms with E-state index in [0.29, 0.717) is 37.7 Å². The van der Waals surface area contributed by atoms with Gasteiger partial charge in [0.2, 0.25) is 0 Å². The van der Waals surface area contributed by atoms with Crippen LogP contribution in [0, 0.1) is 28.6 Å². The van der Waals surface area contributed by atoms with Gasteiger partial charge in [0.1, 0.15) is 0 Å². The Kier molecular flexibility index (Phi) is 6.49. The minimum absolute atomic E-state index is 0.0841. The van der Waals surface area contributed by atoms with Gasteiger partial charge in [-0.05, 0) is 87.7 Å². The Hall–Kier alpha value is -1.09. The number of hydrogen-bond donors (Lipinski definition) is 6. The summed E-state index contributed by atoms with van der Waals surface area (Å²) >= 11 is 0. The lowest BCUT2D eigenvalue weighted by atomic mass is 9.45. The summed E-state index contributed by atoms with van der Waals surface area (Å²) in [5.41, 5.74) is -2.59. The average Bonchev–Trinajstić information content (AvgIpc) is 3.06. The van der Waals surface area contributed by atoms with Gasteiger partial charge in [0.05, 0.1) is 36.1 Å². The van der Waals surface area contributed by atoms with Crippen molar-refractivity contribution in [2.24, 2.45) is 28.6 Å². The summed E-state index contributed by atoms with van der Waals surface area (Å²) in [5, 5.41) is 64.6. The highest BCUT2D eigenvalue weighted by Crippen LogP contribution is 2.68. The summed E-state index contributed by atoms with van der Waals surface area (Å²) < 4.78 is 0. The van der Waals surface area contributed by atoms with Crippen LogP contribution in [0.3, 0.4) is 0 Å². The van der Waals surface area contributed by atoms with E-state index in [-0.39, 0.29) is 43.0 Å². The van der Waals surface area contributed by atoms with Crippen molar-refractivity contribution in [1.29, 1.82) is 0 Å². The van der Waals surface area contributed by atoms with Gasteiger partial charge in [0, 0.05) is 11.3 Å². The Morgan fingerprint density at radius 2 is 1.88 bits per heavy atom. The van der Waals surface area contributed by atoms with E-state index in [1.54, 1.807) is 26.0 Å². The highest BCUT2D eigenvalue weighted by molar-refractivity contribution is 5.95. The van der Waals surface area contributed by atoms with E-state index in [0.717, 1.165) is 5.57 Å². The molecule has 0 aromatic heterocycles. The zero-order valence-electron chi connectivity index (χ0n) is 20.9. The smallest absolute Gasteiger partial charge is 0.159 e. The maximum atomic E-state index is 13.2. The first kappa shape index (κ1) is 26.0. The number of aliphatic hydroxyl groups is 6. The van der Waals surface area contributed by atoms with Crippen LogP contribution in [-0.2, 0) is 4.79 Å². The highest BCUT2D eigenvalue weighted by Gasteiger charge is 2.69. The van der Waals surface area contributed by atoms with Gasteiger partial charge in [-0.2, -0.15) is 0 Å². The Balaban J connectivity index is 1.68. The second-order valence-corrected chi connectivity index (χ2v) is 12.3. The second kappa shape index (κ2) is 8.49. The lowest BCUT2D eigenvalue weighted by molar-refractivity contribution is -0.174. The van der Waals surface area contributed by atoms with Crippen molar-refractivity contribution in [1.82, 2.24) is 0 Å². The largest absolute Gasteiger partial charge is 0.392 e. The quantitative estimate of drug-likeness (QED) is 0.330. The fourth-order valence-electron chi connectivity index (χ4n) is 8.16. The molecule has 4 rings (SSSR count). The van der Waals surface area contributed by atoms with E-state index in [1.165, 1.54) is 0 Å². The minimum Gasteiger partial charge on any atom is -0.392 e. The van der Waals surface area contributed by atoms with Crippen molar-refractivity contribution in [2.45, 2.75) is 102 Å². The van der Waals surface area contributed by atoms with Crippen molar-refractivity contribution >= 4 is 5.78 Å². The molecule has 10 atom stereocenters. The van der Waals surface area contributed by atoms with Crippen LogP contribution in [0.4, 0.5) is 0 Å². The molecule has 7 nitrogen and oxygen atoms in total. The number of hydrogen-bond acceptors (Lipinski definition) is 7. The molecule has 0 bridgehead atoms. The maximum Gasteiger partial charge on any atom is 0.159 e. The van der Waals surface area contributed by atoms with E-state index >= 15 is 0 Å². The van der Waals surface area contributed by atoms with Crippen LogP contribution >= 0.6 is 0 Å². The molecule has 4 aliphatic rings. The molecule has 0 aliphatic heterocycles. The van der Waals surface area contributed by atoms with Gasteiger partial charge < -0.3 is 30.6 Å². The van der Waals surface area contributed by atoms with Crippen LogP contribution in [0.25, 0.3) is 0 Å². The zero-order valence-corrected chi connectivity index (χ0v) is 20.9. The lowest BCUT2D eigenvalue weighted by Crippen LogP contribution is -2.62. The van der Waals surface area contributed by atoms with Crippen LogP contribution in [0.5, 0.6) is 0 Å². The van der Waals surface area contributed by atoms with Gasteiger partial charge in [-0.3, -0.25) is 4.79 Å². The fourth-order valence-corrected chi connectivity index (χ4v) is 8.16. The van der Waals surface area contributed by atoms with Gasteiger partial charge in [-0.15, -0.1) is 0 Å². The molecule has 192 valence electrons. The molecule has 3 saturated carbocycles. The van der Waals surface area contributed by atoms with Gasteiger partial charge in [0.15, 0.2) is 5.78 Å². The first-order valence-electron chi connectivity index (χ1n) is 12.7. The second-order valence-electron chi connectivity index (χ2n) is 12.3. The molecule has 0 saturated heterocycles. The monoisotopic (exact) mass is 478 g/mol. The summed E-state index contributed by atoms with van der Waals surface area (Å²) in [6.45, 7) is 7.27. The van der Waals surface area contributed by atoms with E-state index in [9.17, 15) is 35.4 Å². The van der Waals surface area contributed by atoms with Gasteiger partial charge in [-0.1, -0.05) is 25.5 Å². The third-order valence-electron chi connectivity index (χ3n) is 10.4. The number of fused-ring (bicyclic) bond motifs is 5. The van der Waals surface area contributed by atoms with Crippen molar-refractivity contribution in [3.63, 3.8) is 0 Å². The average molecular weight is 479 g/mol. The van der Waals surface area contributed by atoms with Crippen molar-refractivity contribution in [3.05, 3.63) is 23.3 Å². The fraction of sp³-hybridized carbons (Fsp3) is 0.815. The molecule has 6 N–H and O–H groups in total. The number of carbonyl (C=O) groups excluding carboxylic acids is 1. The summed E-state index contributed by atoms with van der Waals surface area (Å²) in [7, 11) is 0. The SMILES string of the molecule is C/C(=C\C[C@@H](O)[C@](C)(O)[C@H]1CC[C@@]2(O)C3=CC(=O)[C@@H]4C[C@@H](O)[C@@H](O)C[C@]4(C)[C@H]3CC[C@]12C)CO. The zero-order chi connectivity index (χ0) is 25.3. The Labute approximate surface area is 202 Å². The number of allylic oxidation sites excluding steroid dienone is 1. The topological polar surface area (TPSA) is 138 Å². The summed E-state index contributed by atoms with van der Waals surface area (Å²) in [5.74, 6) is -0.947. The number of ketones is 1. The third-order valence-corrected chi connectivity index (χ3v) is 10.4. The summed E-state index contributed by atoms with van der Waals surface area (Å²) in [6, 6.07) is 0. The summed E-state index contributed by atoms with van der Waals surface area (Å²) in [6.07, 6.45) is 3.45.